The van der Waals surface area contributed by atoms with Gasteiger partial charge in [-0.2, -0.15) is 5.10 Å². The Morgan fingerprint density at radius 1 is 1.17 bits per heavy atom. The molecule has 1 aromatic carbocycles. The molecule has 4 rings (SSSR count). The zero-order valence-electron chi connectivity index (χ0n) is 12.6. The molecule has 1 N–H and O–H groups in total. The maximum Gasteiger partial charge on any atom is 0.162 e. The van der Waals surface area contributed by atoms with Crippen molar-refractivity contribution in [1.29, 1.82) is 0 Å². The number of fused-ring (bicyclic) bond motifs is 1. The van der Waals surface area contributed by atoms with Gasteiger partial charge in [0.25, 0.3) is 0 Å². The molecule has 6 nitrogen and oxygen atoms in total. The number of hydrogen-bond donors (Lipinski definition) is 1. The molecule has 0 saturated heterocycles. The maximum absolute atomic E-state index is 13.9. The average molecular weight is 324 g/mol. The lowest BCUT2D eigenvalue weighted by Gasteiger charge is -2.04. The van der Waals surface area contributed by atoms with Crippen LogP contribution in [0, 0.1) is 5.82 Å². The molecule has 0 radical (unpaired) electrons. The van der Waals surface area contributed by atoms with Gasteiger partial charge in [0.05, 0.1) is 11.9 Å². The third kappa shape index (κ3) is 2.44. The van der Waals surface area contributed by atoms with Crippen molar-refractivity contribution in [2.75, 3.05) is 0 Å². The standard InChI is InChI=1S/C17H13FN4O2/c18-14-4-2-1-3-11(14)8-22-17-13(7-19-10-20-17)16(21-22)15-6-5-12(9-23)24-15/h1-7,10,23H,8-9H2. The highest BCUT2D eigenvalue weighted by Crippen LogP contribution is 2.28. The van der Waals surface area contributed by atoms with E-state index in [1.165, 1.54) is 12.4 Å². The van der Waals surface area contributed by atoms with Gasteiger partial charge in [-0.25, -0.2) is 19.0 Å². The van der Waals surface area contributed by atoms with Gasteiger partial charge in [0.1, 0.15) is 30.2 Å². The summed E-state index contributed by atoms with van der Waals surface area (Å²) in [6.45, 7) is 0.0537. The molecule has 0 aliphatic heterocycles. The van der Waals surface area contributed by atoms with Crippen LogP contribution in [0.1, 0.15) is 11.3 Å². The Morgan fingerprint density at radius 2 is 2.04 bits per heavy atom. The van der Waals surface area contributed by atoms with Crippen molar-refractivity contribution in [2.45, 2.75) is 13.2 Å². The summed E-state index contributed by atoms with van der Waals surface area (Å²) in [6.07, 6.45) is 3.07. The molecule has 0 atom stereocenters. The van der Waals surface area contributed by atoms with Gasteiger partial charge in [-0.3, -0.25) is 0 Å². The first-order valence-corrected chi connectivity index (χ1v) is 7.36. The van der Waals surface area contributed by atoms with E-state index in [1.807, 2.05) is 0 Å². The SMILES string of the molecule is OCc1ccc(-c2nn(Cc3ccccc3F)c3ncncc23)o1. The van der Waals surface area contributed by atoms with E-state index in [4.69, 9.17) is 9.52 Å². The van der Waals surface area contributed by atoms with E-state index >= 15 is 0 Å². The molecule has 0 unspecified atom stereocenters. The number of aliphatic hydroxyl groups excluding tert-OH is 1. The van der Waals surface area contributed by atoms with Gasteiger partial charge in [-0.15, -0.1) is 0 Å². The van der Waals surface area contributed by atoms with Gasteiger partial charge >= 0.3 is 0 Å². The number of furan rings is 1. The smallest absolute Gasteiger partial charge is 0.162 e. The van der Waals surface area contributed by atoms with Crippen LogP contribution in [0.3, 0.4) is 0 Å². The number of nitrogens with zero attached hydrogens (tertiary/aromatic N) is 4. The topological polar surface area (TPSA) is 77.0 Å². The van der Waals surface area contributed by atoms with E-state index in [0.29, 0.717) is 33.8 Å². The average Bonchev–Trinajstić information content (AvgIpc) is 3.22. The van der Waals surface area contributed by atoms with E-state index in [9.17, 15) is 4.39 Å². The minimum absolute atomic E-state index is 0.190. The molecule has 24 heavy (non-hydrogen) atoms. The summed E-state index contributed by atoms with van der Waals surface area (Å²) in [7, 11) is 0. The van der Waals surface area contributed by atoms with E-state index in [0.717, 1.165) is 0 Å². The monoisotopic (exact) mass is 324 g/mol. The highest BCUT2D eigenvalue weighted by atomic mass is 19.1. The number of rotatable bonds is 4. The van der Waals surface area contributed by atoms with Crippen LogP contribution in [0.2, 0.25) is 0 Å². The fourth-order valence-corrected chi connectivity index (χ4v) is 2.59. The summed E-state index contributed by atoms with van der Waals surface area (Å²) >= 11 is 0. The first-order chi connectivity index (χ1) is 11.8. The molecule has 0 saturated carbocycles. The Bertz CT molecular complexity index is 1010. The third-order valence-corrected chi connectivity index (χ3v) is 3.74. The molecule has 0 aliphatic rings. The number of benzene rings is 1. The summed E-state index contributed by atoms with van der Waals surface area (Å²) in [4.78, 5) is 8.29. The lowest BCUT2D eigenvalue weighted by atomic mass is 10.2. The summed E-state index contributed by atoms with van der Waals surface area (Å²) in [5.74, 6) is 0.655. The highest BCUT2D eigenvalue weighted by Gasteiger charge is 2.17. The molecule has 7 heteroatoms. The summed E-state index contributed by atoms with van der Waals surface area (Å²) in [5, 5.41) is 14.4. The minimum atomic E-state index is -0.294. The predicted molar refractivity (Wildman–Crippen MR) is 84.4 cm³/mol. The largest absolute Gasteiger partial charge is 0.457 e. The number of halogens is 1. The fourth-order valence-electron chi connectivity index (χ4n) is 2.59. The van der Waals surface area contributed by atoms with Crippen molar-refractivity contribution < 1.29 is 13.9 Å². The second-order valence-corrected chi connectivity index (χ2v) is 5.28. The zero-order valence-corrected chi connectivity index (χ0v) is 12.6. The lowest BCUT2D eigenvalue weighted by Crippen LogP contribution is -2.04. The number of aromatic nitrogens is 4. The van der Waals surface area contributed by atoms with Crippen molar-refractivity contribution in [2.24, 2.45) is 0 Å². The molecule has 120 valence electrons. The Labute approximate surface area is 136 Å². The lowest BCUT2D eigenvalue weighted by molar-refractivity contribution is 0.248. The number of aliphatic hydroxyl groups is 1. The normalized spacial score (nSPS) is 11.2. The van der Waals surface area contributed by atoms with Crippen LogP contribution in [-0.4, -0.2) is 24.9 Å². The van der Waals surface area contributed by atoms with Crippen LogP contribution in [0.4, 0.5) is 4.39 Å². The molecule has 0 bridgehead atoms. The second-order valence-electron chi connectivity index (χ2n) is 5.28. The van der Waals surface area contributed by atoms with Crippen molar-refractivity contribution in [3.05, 3.63) is 66.1 Å². The van der Waals surface area contributed by atoms with Gasteiger partial charge in [-0.05, 0) is 18.2 Å². The molecule has 3 heterocycles. The van der Waals surface area contributed by atoms with Crippen LogP contribution in [-0.2, 0) is 13.2 Å². The second kappa shape index (κ2) is 5.86. The Morgan fingerprint density at radius 3 is 2.83 bits per heavy atom. The van der Waals surface area contributed by atoms with Gasteiger partial charge < -0.3 is 9.52 Å². The number of hydrogen-bond acceptors (Lipinski definition) is 5. The first kappa shape index (κ1) is 14.5. The summed E-state index contributed by atoms with van der Waals surface area (Å²) in [6, 6.07) is 9.96. The van der Waals surface area contributed by atoms with Crippen LogP contribution in [0.25, 0.3) is 22.5 Å². The van der Waals surface area contributed by atoms with Crippen LogP contribution in [0.15, 0.2) is 53.3 Å². The molecule has 0 aliphatic carbocycles. The van der Waals surface area contributed by atoms with E-state index in [-0.39, 0.29) is 19.0 Å². The quantitative estimate of drug-likeness (QED) is 0.624. The van der Waals surface area contributed by atoms with Gasteiger partial charge in [-0.1, -0.05) is 18.2 Å². The van der Waals surface area contributed by atoms with Crippen molar-refractivity contribution >= 4 is 11.0 Å². The Kier molecular flexibility index (Phi) is 3.55. The van der Waals surface area contributed by atoms with Crippen molar-refractivity contribution in [1.82, 2.24) is 19.7 Å². The third-order valence-electron chi connectivity index (χ3n) is 3.74. The van der Waals surface area contributed by atoms with Gasteiger partial charge in [0, 0.05) is 11.8 Å². The van der Waals surface area contributed by atoms with E-state index < -0.39 is 0 Å². The van der Waals surface area contributed by atoms with Crippen molar-refractivity contribution in [3.63, 3.8) is 0 Å². The van der Waals surface area contributed by atoms with Crippen LogP contribution in [0.5, 0.6) is 0 Å². The molecule has 4 aromatic rings. The fraction of sp³-hybridized carbons (Fsp3) is 0.118. The van der Waals surface area contributed by atoms with Crippen LogP contribution >= 0.6 is 0 Å². The van der Waals surface area contributed by atoms with Gasteiger partial charge in [0.15, 0.2) is 11.4 Å². The first-order valence-electron chi connectivity index (χ1n) is 7.36. The van der Waals surface area contributed by atoms with Gasteiger partial charge in [0.2, 0.25) is 0 Å². The van der Waals surface area contributed by atoms with E-state index in [1.54, 1.807) is 41.2 Å². The molecular weight excluding hydrogens is 311 g/mol. The molecule has 0 amide bonds. The summed E-state index contributed by atoms with van der Waals surface area (Å²) < 4.78 is 21.1. The van der Waals surface area contributed by atoms with E-state index in [2.05, 4.69) is 15.1 Å². The molecular formula is C17H13FN4O2. The maximum atomic E-state index is 13.9. The molecule has 0 spiro atoms. The zero-order chi connectivity index (χ0) is 16.5. The Hall–Kier alpha value is -3.06. The minimum Gasteiger partial charge on any atom is -0.457 e. The predicted octanol–water partition coefficient (Wildman–Crippen LogP) is 2.77. The van der Waals surface area contributed by atoms with Crippen LogP contribution < -0.4 is 0 Å². The molecule has 0 fully saturated rings. The summed E-state index contributed by atoms with van der Waals surface area (Å²) in [5.41, 5.74) is 1.66. The highest BCUT2D eigenvalue weighted by molar-refractivity contribution is 5.88. The Balaban J connectivity index is 1.83. The van der Waals surface area contributed by atoms with Crippen molar-refractivity contribution in [3.8, 4) is 11.5 Å². The molecule has 3 aromatic heterocycles.